The Morgan fingerprint density at radius 2 is 1.59 bits per heavy atom. The lowest BCUT2D eigenvalue weighted by molar-refractivity contribution is 0.0945. The van der Waals surface area contributed by atoms with Gasteiger partial charge in [0.25, 0.3) is 5.91 Å². The van der Waals surface area contributed by atoms with Crippen LogP contribution in [0.1, 0.15) is 33.1 Å². The Bertz CT molecular complexity index is 1250. The van der Waals surface area contributed by atoms with E-state index in [0.29, 0.717) is 42.1 Å². The van der Waals surface area contributed by atoms with Crippen molar-refractivity contribution in [3.8, 4) is 0 Å². The summed E-state index contributed by atoms with van der Waals surface area (Å²) in [6.45, 7) is 1.77. The predicted octanol–water partition coefficient (Wildman–Crippen LogP) is 6.25. The van der Waals surface area contributed by atoms with Gasteiger partial charge in [-0.05, 0) is 41.0 Å². The predicted molar refractivity (Wildman–Crippen MR) is 130 cm³/mol. The van der Waals surface area contributed by atoms with Gasteiger partial charge in [0.2, 0.25) is 5.89 Å². The maximum absolute atomic E-state index is 13.3. The van der Waals surface area contributed by atoms with Gasteiger partial charge in [-0.3, -0.25) is 9.69 Å². The molecule has 0 aliphatic rings. The molecule has 0 aliphatic carbocycles. The molecule has 0 bridgehead atoms. The highest BCUT2D eigenvalue weighted by molar-refractivity contribution is 6.42. The van der Waals surface area contributed by atoms with E-state index >= 15 is 0 Å². The number of carbonyl (C=O) groups excluding carboxylic acids is 1. The molecule has 0 aliphatic heterocycles. The maximum atomic E-state index is 13.3. The Hall–Kier alpha value is -3.19. The summed E-state index contributed by atoms with van der Waals surface area (Å²) >= 11 is 12.2. The molecule has 0 unspecified atom stereocenters. The molecule has 1 aromatic heterocycles. The van der Waals surface area contributed by atoms with Crippen molar-refractivity contribution in [1.82, 2.24) is 15.2 Å². The summed E-state index contributed by atoms with van der Waals surface area (Å²) in [6, 6.07) is 21.4. The Morgan fingerprint density at radius 3 is 2.32 bits per heavy atom. The number of aromatic nitrogens is 1. The van der Waals surface area contributed by atoms with Crippen LogP contribution in [0.3, 0.4) is 0 Å². The summed E-state index contributed by atoms with van der Waals surface area (Å²) in [5.74, 6) is -0.209. The second-order valence-corrected chi connectivity index (χ2v) is 8.63. The van der Waals surface area contributed by atoms with Crippen LogP contribution in [0.25, 0.3) is 0 Å². The van der Waals surface area contributed by atoms with Gasteiger partial charge in [0.05, 0.1) is 16.6 Å². The molecule has 3 aromatic carbocycles. The number of nitrogens with zero attached hydrogens (tertiary/aromatic N) is 2. The monoisotopic (exact) mass is 497 g/mol. The van der Waals surface area contributed by atoms with Crippen molar-refractivity contribution in [3.05, 3.63) is 123 Å². The molecule has 174 valence electrons. The fraction of sp³-hybridized carbons (Fsp3) is 0.154. The summed E-state index contributed by atoms with van der Waals surface area (Å²) < 4.78 is 18.9. The third-order valence-corrected chi connectivity index (χ3v) is 5.89. The van der Waals surface area contributed by atoms with Gasteiger partial charge >= 0.3 is 0 Å². The lowest BCUT2D eigenvalue weighted by atomic mass is 10.1. The number of carbonyl (C=O) groups is 1. The lowest BCUT2D eigenvalue weighted by Crippen LogP contribution is -2.24. The summed E-state index contributed by atoms with van der Waals surface area (Å²) in [7, 11) is 0. The topological polar surface area (TPSA) is 58.4 Å². The molecule has 1 heterocycles. The van der Waals surface area contributed by atoms with Gasteiger partial charge in [0.15, 0.2) is 5.69 Å². The molecule has 0 radical (unpaired) electrons. The van der Waals surface area contributed by atoms with Crippen LogP contribution in [0, 0.1) is 5.82 Å². The van der Waals surface area contributed by atoms with Gasteiger partial charge in [0, 0.05) is 19.6 Å². The van der Waals surface area contributed by atoms with Crippen LogP contribution in [0.2, 0.25) is 10.0 Å². The van der Waals surface area contributed by atoms with Crippen molar-refractivity contribution < 1.29 is 13.6 Å². The molecule has 0 fully saturated rings. The second kappa shape index (κ2) is 11.3. The normalized spacial score (nSPS) is 11.1. The van der Waals surface area contributed by atoms with Crippen LogP contribution < -0.4 is 5.32 Å². The number of benzene rings is 3. The molecule has 4 aromatic rings. The third kappa shape index (κ3) is 6.67. The van der Waals surface area contributed by atoms with Crippen LogP contribution in [0.5, 0.6) is 0 Å². The molecule has 8 heteroatoms. The maximum Gasteiger partial charge on any atom is 0.273 e. The van der Waals surface area contributed by atoms with Crippen LogP contribution in [0.15, 0.2) is 83.5 Å². The molecule has 4 rings (SSSR count). The number of amides is 1. The zero-order chi connectivity index (χ0) is 23.9. The number of halogens is 3. The second-order valence-electron chi connectivity index (χ2n) is 7.81. The first-order valence-corrected chi connectivity index (χ1v) is 11.4. The highest BCUT2D eigenvalue weighted by atomic mass is 35.5. The van der Waals surface area contributed by atoms with E-state index in [1.807, 2.05) is 36.4 Å². The Kier molecular flexibility index (Phi) is 7.95. The van der Waals surface area contributed by atoms with E-state index in [9.17, 15) is 9.18 Å². The van der Waals surface area contributed by atoms with E-state index in [-0.39, 0.29) is 17.4 Å². The molecule has 1 N–H and O–H groups in total. The third-order valence-electron chi connectivity index (χ3n) is 5.15. The SMILES string of the molecule is O=C(NCc1ccccc1)c1coc(CN(Cc2ccc(F)cc2)Cc2ccc(Cl)c(Cl)c2)n1. The zero-order valence-electron chi connectivity index (χ0n) is 18.2. The number of hydrogen-bond acceptors (Lipinski definition) is 4. The van der Waals surface area contributed by atoms with E-state index in [4.69, 9.17) is 27.6 Å². The Morgan fingerprint density at radius 1 is 0.882 bits per heavy atom. The Labute approximate surface area is 207 Å². The van der Waals surface area contributed by atoms with Crippen molar-refractivity contribution in [1.29, 1.82) is 0 Å². The molecular formula is C26H22Cl2FN3O2. The van der Waals surface area contributed by atoms with Crippen LogP contribution >= 0.6 is 23.2 Å². The van der Waals surface area contributed by atoms with Gasteiger partial charge in [0.1, 0.15) is 12.1 Å². The fourth-order valence-electron chi connectivity index (χ4n) is 3.46. The molecule has 34 heavy (non-hydrogen) atoms. The number of rotatable bonds is 9. The van der Waals surface area contributed by atoms with Crippen molar-refractivity contribution in [2.75, 3.05) is 0 Å². The van der Waals surface area contributed by atoms with Crippen molar-refractivity contribution in [3.63, 3.8) is 0 Å². The van der Waals surface area contributed by atoms with E-state index in [0.717, 1.165) is 16.7 Å². The standard InChI is InChI=1S/C26H22Cl2FN3O2/c27-22-11-8-20(12-23(22)28)15-32(14-19-6-9-21(29)10-7-19)16-25-31-24(17-34-25)26(33)30-13-18-4-2-1-3-5-18/h1-12,17H,13-16H2,(H,30,33). The van der Waals surface area contributed by atoms with Gasteiger partial charge in [-0.15, -0.1) is 0 Å². The summed E-state index contributed by atoms with van der Waals surface area (Å²) in [6.07, 6.45) is 1.35. The quantitative estimate of drug-likeness (QED) is 0.296. The van der Waals surface area contributed by atoms with Crippen LogP contribution in [0.4, 0.5) is 4.39 Å². The molecular weight excluding hydrogens is 476 g/mol. The van der Waals surface area contributed by atoms with Gasteiger partial charge in [-0.2, -0.15) is 0 Å². The van der Waals surface area contributed by atoms with Crippen molar-refractivity contribution in [2.45, 2.75) is 26.2 Å². The fourth-order valence-corrected chi connectivity index (χ4v) is 3.78. The first kappa shape index (κ1) is 24.0. The highest BCUT2D eigenvalue weighted by Gasteiger charge is 2.16. The van der Waals surface area contributed by atoms with E-state index in [2.05, 4.69) is 15.2 Å². The van der Waals surface area contributed by atoms with Gasteiger partial charge < -0.3 is 9.73 Å². The van der Waals surface area contributed by atoms with E-state index in [1.54, 1.807) is 24.3 Å². The van der Waals surface area contributed by atoms with Gasteiger partial charge in [-0.25, -0.2) is 9.37 Å². The van der Waals surface area contributed by atoms with Crippen LogP contribution in [-0.2, 0) is 26.2 Å². The average Bonchev–Trinajstić information content (AvgIpc) is 3.30. The van der Waals surface area contributed by atoms with Gasteiger partial charge in [-0.1, -0.05) is 71.7 Å². The molecule has 0 atom stereocenters. The minimum Gasteiger partial charge on any atom is -0.447 e. The van der Waals surface area contributed by atoms with Crippen molar-refractivity contribution in [2.24, 2.45) is 0 Å². The largest absolute Gasteiger partial charge is 0.447 e. The van der Waals surface area contributed by atoms with E-state index in [1.165, 1.54) is 18.4 Å². The summed E-state index contributed by atoms with van der Waals surface area (Å²) in [5.41, 5.74) is 3.08. The average molecular weight is 498 g/mol. The first-order valence-electron chi connectivity index (χ1n) is 10.6. The minimum atomic E-state index is -0.312. The Balaban J connectivity index is 1.45. The highest BCUT2D eigenvalue weighted by Crippen LogP contribution is 2.24. The number of hydrogen-bond donors (Lipinski definition) is 1. The van der Waals surface area contributed by atoms with E-state index < -0.39 is 0 Å². The van der Waals surface area contributed by atoms with Crippen LogP contribution in [-0.4, -0.2) is 15.8 Å². The zero-order valence-corrected chi connectivity index (χ0v) is 19.7. The smallest absolute Gasteiger partial charge is 0.273 e. The lowest BCUT2D eigenvalue weighted by Gasteiger charge is -2.21. The molecule has 0 saturated carbocycles. The molecule has 0 spiro atoms. The molecule has 5 nitrogen and oxygen atoms in total. The minimum absolute atomic E-state index is 0.210. The first-order chi connectivity index (χ1) is 16.5. The summed E-state index contributed by atoms with van der Waals surface area (Å²) in [5, 5.41) is 3.79. The summed E-state index contributed by atoms with van der Waals surface area (Å²) in [4.78, 5) is 18.9. The number of oxazole rings is 1. The van der Waals surface area contributed by atoms with Crippen molar-refractivity contribution >= 4 is 29.1 Å². The number of nitrogens with one attached hydrogen (secondary N) is 1. The molecule has 1 amide bonds. The molecule has 0 saturated heterocycles.